The van der Waals surface area contributed by atoms with Crippen LogP contribution in [0.1, 0.15) is 41.9 Å². The van der Waals surface area contributed by atoms with Crippen LogP contribution in [0.5, 0.6) is 0 Å². The third-order valence-electron chi connectivity index (χ3n) is 6.83. The predicted octanol–water partition coefficient (Wildman–Crippen LogP) is 4.08. The maximum atomic E-state index is 11.0. The number of nitrogens with zero attached hydrogens (tertiary/aromatic N) is 6. The zero-order valence-electron chi connectivity index (χ0n) is 20.4. The molecule has 0 fully saturated rings. The molecule has 180 valence electrons. The molecule has 0 saturated heterocycles. The molecule has 2 aromatic carbocycles. The molecule has 1 aliphatic heterocycles. The topological polar surface area (TPSA) is 104 Å². The van der Waals surface area contributed by atoms with Crippen molar-refractivity contribution < 1.29 is 5.11 Å². The Kier molecular flexibility index (Phi) is 6.55. The number of fused-ring (bicyclic) bond motifs is 1. The molecule has 2 atom stereocenters. The number of aryl methyl sites for hydroxylation is 3. The fourth-order valence-electron chi connectivity index (χ4n) is 4.77. The van der Waals surface area contributed by atoms with Gasteiger partial charge in [-0.3, -0.25) is 0 Å². The van der Waals surface area contributed by atoms with E-state index in [0.717, 1.165) is 65.5 Å². The lowest BCUT2D eigenvalue weighted by Crippen LogP contribution is -2.47. The molecule has 2 unspecified atom stereocenters. The standard InChI is InChI=1S/C27H31N7O/c1-17-8-12-19(13-9-17)25-26(20-14-10-18(2)11-15-20)29-27-21(28-25)16-23(35)22(34(27)3)6-4-5-7-24-30-32-33-31-24/h8-15,22-23,35H,4-7,16H2,1-3H3,(H,30,31,32,33). The molecule has 8 heteroatoms. The largest absolute Gasteiger partial charge is 0.391 e. The molecule has 0 spiro atoms. The number of hydrogen-bond acceptors (Lipinski definition) is 7. The second-order valence-electron chi connectivity index (χ2n) is 9.47. The van der Waals surface area contributed by atoms with E-state index in [9.17, 15) is 5.11 Å². The second kappa shape index (κ2) is 9.92. The molecule has 35 heavy (non-hydrogen) atoms. The van der Waals surface area contributed by atoms with Gasteiger partial charge in [-0.2, -0.15) is 0 Å². The van der Waals surface area contributed by atoms with Crippen molar-refractivity contribution in [1.29, 1.82) is 0 Å². The van der Waals surface area contributed by atoms with Crippen LogP contribution < -0.4 is 4.90 Å². The number of hydrogen-bond donors (Lipinski definition) is 2. The molecular weight excluding hydrogens is 438 g/mol. The van der Waals surface area contributed by atoms with E-state index in [2.05, 4.69) is 87.9 Å². The number of aromatic amines is 1. The lowest BCUT2D eigenvalue weighted by Gasteiger charge is -2.38. The number of anilines is 1. The van der Waals surface area contributed by atoms with Crippen molar-refractivity contribution in [2.24, 2.45) is 0 Å². The Hall–Kier alpha value is -3.65. The van der Waals surface area contributed by atoms with Crippen LogP contribution in [0.3, 0.4) is 0 Å². The summed E-state index contributed by atoms with van der Waals surface area (Å²) in [6.45, 7) is 4.17. The van der Waals surface area contributed by atoms with Crippen molar-refractivity contribution in [2.45, 2.75) is 58.1 Å². The Balaban J connectivity index is 1.45. The Morgan fingerprint density at radius 2 is 1.54 bits per heavy atom. The normalized spacial score (nSPS) is 17.4. The van der Waals surface area contributed by atoms with Crippen molar-refractivity contribution in [3.63, 3.8) is 0 Å². The molecule has 8 nitrogen and oxygen atoms in total. The molecule has 4 aromatic rings. The predicted molar refractivity (Wildman–Crippen MR) is 136 cm³/mol. The highest BCUT2D eigenvalue weighted by molar-refractivity contribution is 5.80. The fraction of sp³-hybridized carbons (Fsp3) is 0.370. The molecule has 2 N–H and O–H groups in total. The second-order valence-corrected chi connectivity index (χ2v) is 9.47. The smallest absolute Gasteiger partial charge is 0.151 e. The molecule has 3 heterocycles. The van der Waals surface area contributed by atoms with E-state index in [1.54, 1.807) is 0 Å². The molecular formula is C27H31N7O. The molecule has 1 aliphatic rings. The summed E-state index contributed by atoms with van der Waals surface area (Å²) in [5.74, 6) is 1.65. The van der Waals surface area contributed by atoms with Gasteiger partial charge in [-0.15, -0.1) is 5.10 Å². The first kappa shape index (κ1) is 23.1. The number of aliphatic hydroxyl groups is 1. The van der Waals surface area contributed by atoms with Crippen molar-refractivity contribution in [3.05, 3.63) is 71.2 Å². The summed E-state index contributed by atoms with van der Waals surface area (Å²) in [6.07, 6.45) is 3.57. The highest BCUT2D eigenvalue weighted by Gasteiger charge is 2.34. The van der Waals surface area contributed by atoms with Crippen molar-refractivity contribution in [2.75, 3.05) is 11.9 Å². The lowest BCUT2D eigenvalue weighted by molar-refractivity contribution is 0.129. The zero-order valence-corrected chi connectivity index (χ0v) is 20.4. The molecule has 0 aliphatic carbocycles. The number of aliphatic hydroxyl groups excluding tert-OH is 1. The van der Waals surface area contributed by atoms with Crippen LogP contribution in [0.2, 0.25) is 0 Å². The van der Waals surface area contributed by atoms with Gasteiger partial charge in [-0.25, -0.2) is 15.1 Å². The minimum Gasteiger partial charge on any atom is -0.391 e. The first-order chi connectivity index (χ1) is 17.0. The van der Waals surface area contributed by atoms with Gasteiger partial charge in [0.1, 0.15) is 5.82 Å². The van der Waals surface area contributed by atoms with E-state index in [4.69, 9.17) is 9.97 Å². The average molecular weight is 470 g/mol. The van der Waals surface area contributed by atoms with Gasteiger partial charge >= 0.3 is 0 Å². The summed E-state index contributed by atoms with van der Waals surface area (Å²) in [4.78, 5) is 12.4. The van der Waals surface area contributed by atoms with Crippen molar-refractivity contribution in [1.82, 2.24) is 30.6 Å². The molecule has 0 amide bonds. The first-order valence-electron chi connectivity index (χ1n) is 12.2. The molecule has 5 rings (SSSR count). The van der Waals surface area contributed by atoms with Gasteiger partial charge in [0, 0.05) is 31.0 Å². The van der Waals surface area contributed by atoms with Crippen LogP contribution in [0, 0.1) is 13.8 Å². The summed E-state index contributed by atoms with van der Waals surface area (Å²) in [7, 11) is 2.02. The molecule has 0 bridgehead atoms. The number of tetrazole rings is 1. The van der Waals surface area contributed by atoms with E-state index in [-0.39, 0.29) is 6.04 Å². The number of likely N-dealkylation sites (N-methyl/N-ethyl adjacent to an activating group) is 1. The van der Waals surface area contributed by atoms with E-state index in [0.29, 0.717) is 6.42 Å². The zero-order chi connectivity index (χ0) is 24.4. The van der Waals surface area contributed by atoms with Gasteiger partial charge in [-0.05, 0) is 37.1 Å². The average Bonchev–Trinajstić information content (AvgIpc) is 3.37. The summed E-state index contributed by atoms with van der Waals surface area (Å²) >= 11 is 0. The van der Waals surface area contributed by atoms with Crippen LogP contribution in [0.15, 0.2) is 48.5 Å². The van der Waals surface area contributed by atoms with Gasteiger partial charge in [-0.1, -0.05) is 66.1 Å². The summed E-state index contributed by atoms with van der Waals surface area (Å²) in [5, 5.41) is 25.0. The number of unbranched alkanes of at least 4 members (excludes halogenated alkanes) is 1. The molecule has 0 radical (unpaired) electrons. The lowest BCUT2D eigenvalue weighted by atomic mass is 9.93. The van der Waals surface area contributed by atoms with Crippen molar-refractivity contribution >= 4 is 5.82 Å². The van der Waals surface area contributed by atoms with Crippen molar-refractivity contribution in [3.8, 4) is 22.5 Å². The van der Waals surface area contributed by atoms with Crippen LogP contribution in [0.4, 0.5) is 5.82 Å². The van der Waals surface area contributed by atoms with Gasteiger partial charge < -0.3 is 10.0 Å². The van der Waals surface area contributed by atoms with Crippen LogP contribution in [0.25, 0.3) is 22.5 Å². The Morgan fingerprint density at radius 3 is 2.14 bits per heavy atom. The van der Waals surface area contributed by atoms with Gasteiger partial charge in [0.15, 0.2) is 5.82 Å². The van der Waals surface area contributed by atoms with Crippen LogP contribution >= 0.6 is 0 Å². The van der Waals surface area contributed by atoms with E-state index < -0.39 is 6.10 Å². The summed E-state index contributed by atoms with van der Waals surface area (Å²) < 4.78 is 0. The SMILES string of the molecule is Cc1ccc(-c2nc3c(nc2-c2ccc(C)cc2)N(C)C(CCCCc2nnn[nH]2)C(O)C3)cc1. The number of aromatic nitrogens is 6. The Labute approximate surface area is 205 Å². The number of H-pyrrole nitrogens is 1. The van der Waals surface area contributed by atoms with Crippen LogP contribution in [-0.2, 0) is 12.8 Å². The Morgan fingerprint density at radius 1 is 0.914 bits per heavy atom. The van der Waals surface area contributed by atoms with Crippen LogP contribution in [-0.4, -0.2) is 54.9 Å². The molecule has 0 saturated carbocycles. The summed E-state index contributed by atoms with van der Waals surface area (Å²) in [6, 6.07) is 16.8. The molecule has 2 aromatic heterocycles. The monoisotopic (exact) mass is 469 g/mol. The number of benzene rings is 2. The fourth-order valence-corrected chi connectivity index (χ4v) is 4.77. The van der Waals surface area contributed by atoms with Gasteiger partial charge in [0.05, 0.1) is 29.2 Å². The minimum absolute atomic E-state index is 0.0132. The van der Waals surface area contributed by atoms with E-state index >= 15 is 0 Å². The summed E-state index contributed by atoms with van der Waals surface area (Å²) in [5.41, 5.74) is 7.04. The number of rotatable bonds is 7. The van der Waals surface area contributed by atoms with Gasteiger partial charge in [0.2, 0.25) is 0 Å². The maximum Gasteiger partial charge on any atom is 0.151 e. The highest BCUT2D eigenvalue weighted by atomic mass is 16.3. The maximum absolute atomic E-state index is 11.0. The van der Waals surface area contributed by atoms with E-state index in [1.165, 1.54) is 11.1 Å². The highest BCUT2D eigenvalue weighted by Crippen LogP contribution is 2.36. The third kappa shape index (κ3) is 4.93. The minimum atomic E-state index is -0.496. The first-order valence-corrected chi connectivity index (χ1v) is 12.2. The van der Waals surface area contributed by atoms with E-state index in [1.807, 2.05) is 7.05 Å². The quantitative estimate of drug-likeness (QED) is 0.393. The van der Waals surface area contributed by atoms with Gasteiger partial charge in [0.25, 0.3) is 0 Å². The Bertz CT molecular complexity index is 1270. The number of nitrogens with one attached hydrogen (secondary N) is 1. The third-order valence-corrected chi connectivity index (χ3v) is 6.83.